The Morgan fingerprint density at radius 1 is 0.580 bits per heavy atom. The van der Waals surface area contributed by atoms with E-state index in [9.17, 15) is 29.7 Å². The summed E-state index contributed by atoms with van der Waals surface area (Å²) in [6, 6.07) is 23.3. The number of fused-ring (bicyclic) bond motifs is 2. The fourth-order valence-electron chi connectivity index (χ4n) is 7.30. The van der Waals surface area contributed by atoms with E-state index < -0.39 is 23.7 Å². The number of carbonyl (C=O) groups is 4. The Morgan fingerprint density at radius 2 is 1.14 bits per heavy atom. The van der Waals surface area contributed by atoms with Crippen molar-refractivity contribution in [2.45, 2.75) is 27.7 Å². The number of imide groups is 1. The van der Waals surface area contributed by atoms with Crippen LogP contribution >= 0.6 is 0 Å². The minimum absolute atomic E-state index is 0.0775. The summed E-state index contributed by atoms with van der Waals surface area (Å²) in [6.45, 7) is 7.70. The quantitative estimate of drug-likeness (QED) is 0.0414. The summed E-state index contributed by atoms with van der Waals surface area (Å²) in [5.41, 5.74) is 6.08. The molecule has 244 valence electrons. The number of aryl methyl sites for hydroxylation is 4. The molecule has 0 saturated carbocycles. The van der Waals surface area contributed by atoms with Crippen molar-refractivity contribution in [2.75, 3.05) is 10.6 Å². The molecule has 0 bridgehead atoms. The van der Waals surface area contributed by atoms with Gasteiger partial charge in [-0.25, -0.2) is 4.79 Å². The summed E-state index contributed by atoms with van der Waals surface area (Å²) in [7, 11) is 0. The topological polar surface area (TPSA) is 148 Å². The number of anilines is 2. The first kappa shape index (κ1) is 30.7. The van der Waals surface area contributed by atoms with Crippen LogP contribution in [0.1, 0.15) is 69.2 Å². The Labute approximate surface area is 285 Å². The van der Waals surface area contributed by atoms with E-state index in [1.54, 1.807) is 36.4 Å². The van der Waals surface area contributed by atoms with Crippen molar-refractivity contribution in [1.29, 1.82) is 5.41 Å². The summed E-state index contributed by atoms with van der Waals surface area (Å²) in [5, 5.41) is 32.8. The van der Waals surface area contributed by atoms with E-state index in [0.717, 1.165) is 22.3 Å². The van der Waals surface area contributed by atoms with E-state index in [4.69, 9.17) is 0 Å². The molecule has 5 N–H and O–H groups in total. The van der Waals surface area contributed by atoms with Crippen LogP contribution < -0.4 is 16.0 Å². The molecule has 0 saturated heterocycles. The van der Waals surface area contributed by atoms with E-state index in [-0.39, 0.29) is 22.5 Å². The molecule has 1 aliphatic rings. The lowest BCUT2D eigenvalue weighted by Gasteiger charge is -2.24. The number of carbonyl (C=O) groups excluding carboxylic acids is 3. The van der Waals surface area contributed by atoms with Crippen molar-refractivity contribution in [3.8, 4) is 0 Å². The summed E-state index contributed by atoms with van der Waals surface area (Å²) < 4.78 is 0. The first-order valence-electron chi connectivity index (χ1n) is 16.1. The standard InChI is InChI=1S/C41H30N4O5/c1-18-5-7-20(3)30(15-18)43-37(42)28-17-29(41(49)50)33-24-11-14-26-34-25(39(47)45-40(26)48)12-9-22(32(24)34)23-10-13-27(35(28)36(23)33)38(46)44-31-16-19(2)6-8-21(31)4/h5-17H,1-4H3,(H2,42,43)(H,44,46)(H,49,50)(H,45,47,48). The second kappa shape index (κ2) is 11.0. The zero-order valence-corrected chi connectivity index (χ0v) is 27.6. The van der Waals surface area contributed by atoms with Crippen LogP contribution in [0.3, 0.4) is 0 Å². The van der Waals surface area contributed by atoms with Gasteiger partial charge in [0.05, 0.1) is 5.56 Å². The van der Waals surface area contributed by atoms with Gasteiger partial charge in [0.15, 0.2) is 0 Å². The van der Waals surface area contributed by atoms with E-state index in [0.29, 0.717) is 65.6 Å². The number of nitrogens with one attached hydrogen (secondary N) is 4. The van der Waals surface area contributed by atoms with E-state index in [2.05, 4.69) is 16.0 Å². The molecule has 9 heteroatoms. The highest BCUT2D eigenvalue weighted by Crippen LogP contribution is 2.46. The molecule has 9 nitrogen and oxygen atoms in total. The number of carboxylic acids is 1. The predicted molar refractivity (Wildman–Crippen MR) is 197 cm³/mol. The molecular formula is C41H30N4O5. The lowest BCUT2D eigenvalue weighted by Crippen LogP contribution is -2.34. The van der Waals surface area contributed by atoms with Gasteiger partial charge in [0, 0.05) is 49.8 Å². The highest BCUT2D eigenvalue weighted by Gasteiger charge is 2.31. The van der Waals surface area contributed by atoms with Crippen molar-refractivity contribution in [1.82, 2.24) is 5.32 Å². The van der Waals surface area contributed by atoms with Crippen LogP contribution in [-0.2, 0) is 0 Å². The SMILES string of the molecule is Cc1ccc(C)c(NC(=N)c2cc(C(=O)O)c3c4ccc5c6c(ccc(c7ccc(C(=O)Nc8cc(C)ccc8C)c2c73)c64)C(=O)NC5=O)c1. The number of carboxylic acid groups (broad SMARTS) is 1. The smallest absolute Gasteiger partial charge is 0.336 e. The molecule has 0 aromatic heterocycles. The second-order valence-electron chi connectivity index (χ2n) is 13.0. The minimum atomic E-state index is -1.23. The third-order valence-electron chi connectivity index (χ3n) is 9.76. The molecule has 0 fully saturated rings. The minimum Gasteiger partial charge on any atom is -0.478 e. The van der Waals surface area contributed by atoms with Crippen molar-refractivity contribution >= 4 is 84.0 Å². The van der Waals surface area contributed by atoms with Gasteiger partial charge in [-0.1, -0.05) is 42.5 Å². The molecule has 0 aliphatic carbocycles. The molecule has 0 unspecified atom stereocenters. The van der Waals surface area contributed by atoms with Crippen LogP contribution in [0.5, 0.6) is 0 Å². The van der Waals surface area contributed by atoms with E-state index in [1.807, 2.05) is 64.1 Å². The van der Waals surface area contributed by atoms with Gasteiger partial charge in [-0.15, -0.1) is 0 Å². The highest BCUT2D eigenvalue weighted by atomic mass is 16.4. The summed E-state index contributed by atoms with van der Waals surface area (Å²) in [5.74, 6) is -2.78. The van der Waals surface area contributed by atoms with Crippen molar-refractivity contribution in [3.05, 3.63) is 129 Å². The van der Waals surface area contributed by atoms with Gasteiger partial charge < -0.3 is 15.7 Å². The predicted octanol–water partition coefficient (Wildman–Crippen LogP) is 8.24. The maximum Gasteiger partial charge on any atom is 0.336 e. The molecule has 0 atom stereocenters. The Bertz CT molecular complexity index is 2710. The van der Waals surface area contributed by atoms with Crippen LogP contribution in [0.4, 0.5) is 11.4 Å². The van der Waals surface area contributed by atoms with E-state index in [1.165, 1.54) is 6.07 Å². The molecule has 1 heterocycles. The zero-order valence-electron chi connectivity index (χ0n) is 27.6. The molecule has 3 amide bonds. The summed E-state index contributed by atoms with van der Waals surface area (Å²) in [6.07, 6.45) is 0. The summed E-state index contributed by atoms with van der Waals surface area (Å²) >= 11 is 0. The van der Waals surface area contributed by atoms with Gasteiger partial charge >= 0.3 is 5.97 Å². The number of aromatic carboxylic acids is 1. The monoisotopic (exact) mass is 658 g/mol. The van der Waals surface area contributed by atoms with Crippen LogP contribution in [0.25, 0.3) is 43.1 Å². The fourth-order valence-corrected chi connectivity index (χ4v) is 7.30. The fraction of sp³-hybridized carbons (Fsp3) is 0.0976. The lowest BCUT2D eigenvalue weighted by molar-refractivity contribution is 0.0697. The Hall–Kier alpha value is -6.61. The number of amidine groups is 1. The van der Waals surface area contributed by atoms with Crippen molar-refractivity contribution in [3.63, 3.8) is 0 Å². The number of rotatable bonds is 5. The average Bonchev–Trinajstić information content (AvgIpc) is 3.08. The number of benzene rings is 7. The number of hydrogen-bond donors (Lipinski definition) is 5. The third-order valence-corrected chi connectivity index (χ3v) is 9.76. The van der Waals surface area contributed by atoms with Crippen LogP contribution in [0.2, 0.25) is 0 Å². The molecule has 1 aliphatic heterocycles. The highest BCUT2D eigenvalue weighted by molar-refractivity contribution is 6.42. The van der Waals surface area contributed by atoms with Crippen molar-refractivity contribution in [2.24, 2.45) is 0 Å². The average molecular weight is 659 g/mol. The molecule has 0 spiro atoms. The molecular weight excluding hydrogens is 628 g/mol. The first-order valence-corrected chi connectivity index (χ1v) is 16.1. The molecule has 50 heavy (non-hydrogen) atoms. The maximum atomic E-state index is 14.3. The van der Waals surface area contributed by atoms with E-state index >= 15 is 0 Å². The van der Waals surface area contributed by atoms with Crippen LogP contribution in [0.15, 0.2) is 78.9 Å². The molecule has 7 aromatic carbocycles. The van der Waals surface area contributed by atoms with Crippen LogP contribution in [0, 0.1) is 33.1 Å². The molecule has 8 rings (SSSR count). The lowest BCUT2D eigenvalue weighted by atomic mass is 9.81. The second-order valence-corrected chi connectivity index (χ2v) is 13.0. The van der Waals surface area contributed by atoms with Crippen LogP contribution in [-0.4, -0.2) is 34.6 Å². The van der Waals surface area contributed by atoms with Gasteiger partial charge in [0.1, 0.15) is 5.84 Å². The number of amides is 3. The van der Waals surface area contributed by atoms with Gasteiger partial charge in [-0.2, -0.15) is 0 Å². The van der Waals surface area contributed by atoms with Gasteiger partial charge in [-0.3, -0.25) is 25.1 Å². The Kier molecular flexibility index (Phi) is 6.73. The zero-order chi connectivity index (χ0) is 35.2. The summed E-state index contributed by atoms with van der Waals surface area (Å²) in [4.78, 5) is 53.4. The third kappa shape index (κ3) is 4.51. The molecule has 7 aromatic rings. The van der Waals surface area contributed by atoms with Gasteiger partial charge in [0.2, 0.25) is 0 Å². The van der Waals surface area contributed by atoms with Gasteiger partial charge in [0.25, 0.3) is 17.7 Å². The number of hydrogen-bond acceptors (Lipinski definition) is 5. The Balaban J connectivity index is 1.50. The molecule has 0 radical (unpaired) electrons. The maximum absolute atomic E-state index is 14.3. The normalized spacial score (nSPS) is 12.6. The largest absolute Gasteiger partial charge is 0.478 e. The first-order chi connectivity index (χ1) is 23.9. The van der Waals surface area contributed by atoms with Crippen molar-refractivity contribution < 1.29 is 24.3 Å². The van der Waals surface area contributed by atoms with Gasteiger partial charge in [-0.05, 0) is 113 Å². The Morgan fingerprint density at radius 3 is 1.76 bits per heavy atom.